The number of nitrogens with zero attached hydrogens (tertiary/aromatic N) is 2. The predicted molar refractivity (Wildman–Crippen MR) is 62.0 cm³/mol. The van der Waals surface area contributed by atoms with Crippen molar-refractivity contribution in [3.8, 4) is 6.07 Å². The molecular formula is C10H13N3O4S. The number of carbonyl (C=O) groups is 1. The Kier molecular flexibility index (Phi) is 4.85. The number of unbranched alkanes of at least 4 members (excludes halogenated alkanes) is 1. The van der Waals surface area contributed by atoms with Crippen LogP contribution >= 0.6 is 0 Å². The standard InChI is InChI=1S/C10H13N3O4S/c1-2-9-12-8(7-17-9)10(14)13-18(15,16)6-4-3-5-11/h7H,2-4,6H2,1H3,(H,13,14). The van der Waals surface area contributed by atoms with Gasteiger partial charge in [-0.3, -0.25) is 4.79 Å². The molecule has 0 aromatic carbocycles. The maximum Gasteiger partial charge on any atom is 0.286 e. The van der Waals surface area contributed by atoms with Gasteiger partial charge in [-0.1, -0.05) is 6.92 Å². The molecule has 0 aliphatic rings. The average Bonchev–Trinajstić information content (AvgIpc) is 2.77. The second-order valence-electron chi connectivity index (χ2n) is 3.49. The summed E-state index contributed by atoms with van der Waals surface area (Å²) in [6.07, 6.45) is 1.93. The molecule has 1 aromatic rings. The fraction of sp³-hybridized carbons (Fsp3) is 0.500. The fourth-order valence-corrected chi connectivity index (χ4v) is 2.18. The third-order valence-electron chi connectivity index (χ3n) is 2.04. The van der Waals surface area contributed by atoms with Crippen LogP contribution in [0.3, 0.4) is 0 Å². The van der Waals surface area contributed by atoms with Crippen LogP contribution < -0.4 is 4.72 Å². The molecule has 1 heterocycles. The summed E-state index contributed by atoms with van der Waals surface area (Å²) in [5.74, 6) is -0.734. The van der Waals surface area contributed by atoms with Gasteiger partial charge in [0, 0.05) is 12.8 Å². The molecule has 7 nitrogen and oxygen atoms in total. The summed E-state index contributed by atoms with van der Waals surface area (Å²) in [5.41, 5.74) is -0.0734. The van der Waals surface area contributed by atoms with Crippen molar-refractivity contribution in [2.24, 2.45) is 0 Å². The van der Waals surface area contributed by atoms with Crippen molar-refractivity contribution in [3.63, 3.8) is 0 Å². The molecule has 18 heavy (non-hydrogen) atoms. The molecule has 1 aromatic heterocycles. The molecule has 0 aliphatic heterocycles. The number of carbonyl (C=O) groups excluding carboxylic acids is 1. The first-order valence-electron chi connectivity index (χ1n) is 5.34. The highest BCUT2D eigenvalue weighted by Gasteiger charge is 2.18. The van der Waals surface area contributed by atoms with Gasteiger partial charge in [0.05, 0.1) is 11.8 Å². The maximum atomic E-state index is 11.5. The number of hydrogen-bond donors (Lipinski definition) is 1. The number of nitriles is 1. The van der Waals surface area contributed by atoms with E-state index >= 15 is 0 Å². The lowest BCUT2D eigenvalue weighted by Crippen LogP contribution is -2.32. The molecule has 0 aliphatic carbocycles. The van der Waals surface area contributed by atoms with E-state index in [1.54, 1.807) is 6.92 Å². The van der Waals surface area contributed by atoms with E-state index in [9.17, 15) is 13.2 Å². The number of oxazole rings is 1. The van der Waals surface area contributed by atoms with Gasteiger partial charge in [-0.2, -0.15) is 5.26 Å². The molecule has 0 atom stereocenters. The van der Waals surface area contributed by atoms with Crippen LogP contribution in [-0.2, 0) is 16.4 Å². The van der Waals surface area contributed by atoms with Gasteiger partial charge in [-0.15, -0.1) is 0 Å². The van der Waals surface area contributed by atoms with Crippen molar-refractivity contribution in [1.29, 1.82) is 5.26 Å². The molecule has 0 bridgehead atoms. The molecule has 98 valence electrons. The first-order valence-corrected chi connectivity index (χ1v) is 7.00. The van der Waals surface area contributed by atoms with E-state index < -0.39 is 15.9 Å². The first kappa shape index (κ1) is 14.2. The zero-order chi connectivity index (χ0) is 13.6. The minimum absolute atomic E-state index is 0.0734. The van der Waals surface area contributed by atoms with Gasteiger partial charge in [0.15, 0.2) is 11.6 Å². The minimum Gasteiger partial charge on any atom is -0.448 e. The Morgan fingerprint density at radius 2 is 2.33 bits per heavy atom. The Morgan fingerprint density at radius 3 is 2.89 bits per heavy atom. The lowest BCUT2D eigenvalue weighted by molar-refractivity contribution is 0.0976. The van der Waals surface area contributed by atoms with E-state index in [0.717, 1.165) is 6.26 Å². The zero-order valence-corrected chi connectivity index (χ0v) is 10.7. The zero-order valence-electron chi connectivity index (χ0n) is 9.84. The lowest BCUT2D eigenvalue weighted by atomic mass is 10.4. The minimum atomic E-state index is -3.73. The molecular weight excluding hydrogens is 258 g/mol. The third-order valence-corrected chi connectivity index (χ3v) is 3.36. The summed E-state index contributed by atoms with van der Waals surface area (Å²) in [6.45, 7) is 1.80. The maximum absolute atomic E-state index is 11.5. The molecule has 1 N–H and O–H groups in total. The van der Waals surface area contributed by atoms with Crippen molar-refractivity contribution in [2.45, 2.75) is 26.2 Å². The van der Waals surface area contributed by atoms with Gasteiger partial charge < -0.3 is 4.42 Å². The normalized spacial score (nSPS) is 10.9. The van der Waals surface area contributed by atoms with Crippen LogP contribution in [0.15, 0.2) is 10.7 Å². The topological polar surface area (TPSA) is 113 Å². The summed E-state index contributed by atoms with van der Waals surface area (Å²) in [5, 5.41) is 8.30. The number of rotatable bonds is 6. The highest BCUT2D eigenvalue weighted by Crippen LogP contribution is 2.03. The first-order chi connectivity index (χ1) is 8.48. The Bertz CT molecular complexity index is 556. The van der Waals surface area contributed by atoms with Crippen molar-refractivity contribution < 1.29 is 17.6 Å². The average molecular weight is 271 g/mol. The van der Waals surface area contributed by atoms with Crippen LogP contribution in [0.4, 0.5) is 0 Å². The Balaban J connectivity index is 2.61. The van der Waals surface area contributed by atoms with Gasteiger partial charge in [0.1, 0.15) is 6.26 Å². The summed E-state index contributed by atoms with van der Waals surface area (Å²) < 4.78 is 29.7. The molecule has 0 radical (unpaired) electrons. The van der Waals surface area contributed by atoms with E-state index in [-0.39, 0.29) is 24.3 Å². The number of amides is 1. The van der Waals surface area contributed by atoms with Crippen LogP contribution in [0.25, 0.3) is 0 Å². The molecule has 0 spiro atoms. The monoisotopic (exact) mass is 271 g/mol. The van der Waals surface area contributed by atoms with E-state index in [2.05, 4.69) is 4.98 Å². The van der Waals surface area contributed by atoms with Crippen LogP contribution in [0.5, 0.6) is 0 Å². The third kappa shape index (κ3) is 4.18. The van der Waals surface area contributed by atoms with Gasteiger partial charge in [-0.25, -0.2) is 18.1 Å². The summed E-state index contributed by atoms with van der Waals surface area (Å²) in [4.78, 5) is 15.4. The SMILES string of the molecule is CCc1nc(C(=O)NS(=O)(=O)CCCC#N)co1. The van der Waals surface area contributed by atoms with E-state index in [0.29, 0.717) is 12.3 Å². The molecule has 0 unspecified atom stereocenters. The van der Waals surface area contributed by atoms with E-state index in [1.165, 1.54) is 0 Å². The molecule has 0 fully saturated rings. The summed E-state index contributed by atoms with van der Waals surface area (Å²) in [7, 11) is -3.73. The quantitative estimate of drug-likeness (QED) is 0.758. The van der Waals surface area contributed by atoms with Crippen LogP contribution in [0.2, 0.25) is 0 Å². The Hall–Kier alpha value is -1.88. The van der Waals surface area contributed by atoms with Crippen molar-refractivity contribution in [3.05, 3.63) is 17.8 Å². The van der Waals surface area contributed by atoms with E-state index in [1.807, 2.05) is 10.8 Å². The number of nitrogens with one attached hydrogen (secondary N) is 1. The number of sulfonamides is 1. The lowest BCUT2D eigenvalue weighted by Gasteiger charge is -2.03. The van der Waals surface area contributed by atoms with Gasteiger partial charge in [-0.05, 0) is 6.42 Å². The molecule has 8 heteroatoms. The Morgan fingerprint density at radius 1 is 1.61 bits per heavy atom. The molecule has 0 saturated heterocycles. The summed E-state index contributed by atoms with van der Waals surface area (Å²) in [6, 6.07) is 1.83. The summed E-state index contributed by atoms with van der Waals surface area (Å²) >= 11 is 0. The van der Waals surface area contributed by atoms with Crippen LogP contribution in [-0.4, -0.2) is 25.1 Å². The van der Waals surface area contributed by atoms with E-state index in [4.69, 9.17) is 9.68 Å². The Labute approximate surface area is 105 Å². The largest absolute Gasteiger partial charge is 0.448 e. The molecule has 0 saturated carbocycles. The van der Waals surface area contributed by atoms with Crippen molar-refractivity contribution in [2.75, 3.05) is 5.75 Å². The predicted octanol–water partition coefficient (Wildman–Crippen LogP) is 0.600. The van der Waals surface area contributed by atoms with Gasteiger partial charge >= 0.3 is 0 Å². The highest BCUT2D eigenvalue weighted by molar-refractivity contribution is 7.90. The second-order valence-corrected chi connectivity index (χ2v) is 5.33. The van der Waals surface area contributed by atoms with Gasteiger partial charge in [0.2, 0.25) is 10.0 Å². The number of aromatic nitrogens is 1. The van der Waals surface area contributed by atoms with Crippen molar-refractivity contribution in [1.82, 2.24) is 9.71 Å². The second kappa shape index (κ2) is 6.16. The fourth-order valence-electron chi connectivity index (χ4n) is 1.16. The van der Waals surface area contributed by atoms with Gasteiger partial charge in [0.25, 0.3) is 5.91 Å². The highest BCUT2D eigenvalue weighted by atomic mass is 32.2. The van der Waals surface area contributed by atoms with Crippen LogP contribution in [0.1, 0.15) is 36.1 Å². The molecule has 1 rings (SSSR count). The van der Waals surface area contributed by atoms with Crippen molar-refractivity contribution >= 4 is 15.9 Å². The molecule has 1 amide bonds. The number of aryl methyl sites for hydroxylation is 1. The number of hydrogen-bond acceptors (Lipinski definition) is 6. The smallest absolute Gasteiger partial charge is 0.286 e. The van der Waals surface area contributed by atoms with Crippen LogP contribution in [0, 0.1) is 11.3 Å².